The van der Waals surface area contributed by atoms with Gasteiger partial charge in [0, 0.05) is 19.2 Å². The van der Waals surface area contributed by atoms with Crippen LogP contribution < -0.4 is 20.1 Å². The molecule has 0 radical (unpaired) electrons. The molecule has 3 N–H and O–H groups in total. The predicted molar refractivity (Wildman–Crippen MR) is 115 cm³/mol. The zero-order chi connectivity index (χ0) is 19.1. The highest BCUT2D eigenvalue weighted by Crippen LogP contribution is 2.29. The zero-order valence-electron chi connectivity index (χ0n) is 15.7. The van der Waals surface area contributed by atoms with Gasteiger partial charge >= 0.3 is 0 Å². The lowest BCUT2D eigenvalue weighted by Gasteiger charge is -2.21. The molecule has 2 rings (SSSR count). The van der Waals surface area contributed by atoms with Crippen molar-refractivity contribution < 1.29 is 19.0 Å². The molecule has 0 aliphatic heterocycles. The molecule has 0 spiro atoms. The Hall–Kier alpha value is -2.23. The molecule has 0 saturated heterocycles. The van der Waals surface area contributed by atoms with Gasteiger partial charge in [0.15, 0.2) is 17.5 Å². The van der Waals surface area contributed by atoms with Gasteiger partial charge in [-0.05, 0) is 42.8 Å². The zero-order valence-corrected chi connectivity index (χ0v) is 18.1. The molecule has 0 amide bonds. The van der Waals surface area contributed by atoms with Crippen LogP contribution in [-0.2, 0) is 6.54 Å². The van der Waals surface area contributed by atoms with Crippen molar-refractivity contribution in [2.24, 2.45) is 4.99 Å². The van der Waals surface area contributed by atoms with Crippen molar-refractivity contribution in [3.8, 4) is 17.2 Å². The fraction of sp³-hybridized carbons (Fsp3) is 0.316. The van der Waals surface area contributed by atoms with Crippen molar-refractivity contribution in [1.82, 2.24) is 10.6 Å². The number of hydrogen-bond donors (Lipinski definition) is 3. The lowest BCUT2D eigenvalue weighted by Crippen LogP contribution is -2.38. The van der Waals surface area contributed by atoms with E-state index in [0.717, 1.165) is 17.1 Å². The first-order valence-electron chi connectivity index (χ1n) is 8.15. The summed E-state index contributed by atoms with van der Waals surface area (Å²) in [5.74, 6) is 1.01. The number of phenolic OH excluding ortho intramolecular Hbond substituents is 1. The molecule has 0 heterocycles. The van der Waals surface area contributed by atoms with Crippen LogP contribution in [0.1, 0.15) is 24.1 Å². The van der Waals surface area contributed by atoms with E-state index >= 15 is 0 Å². The van der Waals surface area contributed by atoms with E-state index in [2.05, 4.69) is 15.6 Å². The summed E-state index contributed by atoms with van der Waals surface area (Å²) in [7, 11) is 4.88. The van der Waals surface area contributed by atoms with E-state index in [4.69, 9.17) is 9.47 Å². The van der Waals surface area contributed by atoms with E-state index < -0.39 is 5.82 Å². The van der Waals surface area contributed by atoms with E-state index in [-0.39, 0.29) is 35.8 Å². The van der Waals surface area contributed by atoms with Gasteiger partial charge in [-0.15, -0.1) is 24.0 Å². The average Bonchev–Trinajstić information content (AvgIpc) is 2.66. The van der Waals surface area contributed by atoms with Gasteiger partial charge in [-0.25, -0.2) is 4.39 Å². The normalized spacial score (nSPS) is 12.0. The number of nitrogens with one attached hydrogen (secondary N) is 2. The number of benzene rings is 2. The van der Waals surface area contributed by atoms with Crippen molar-refractivity contribution in [2.45, 2.75) is 19.5 Å². The molecule has 2 aromatic rings. The minimum atomic E-state index is -0.651. The highest BCUT2D eigenvalue weighted by molar-refractivity contribution is 14.0. The van der Waals surface area contributed by atoms with Crippen LogP contribution in [0, 0.1) is 5.82 Å². The highest BCUT2D eigenvalue weighted by Gasteiger charge is 2.14. The van der Waals surface area contributed by atoms with Crippen LogP contribution in [0.3, 0.4) is 0 Å². The van der Waals surface area contributed by atoms with Crippen LogP contribution in [0.25, 0.3) is 0 Å². The van der Waals surface area contributed by atoms with Crippen LogP contribution in [0.4, 0.5) is 4.39 Å². The van der Waals surface area contributed by atoms with E-state index in [1.54, 1.807) is 27.3 Å². The third-order valence-electron chi connectivity index (χ3n) is 3.95. The standard InChI is InChI=1S/C19H24FN3O3.HI/c1-12(15-10-14(25-3)6-8-18(15)26-4)23-19(21-2)22-11-13-5-7-17(24)16(20)9-13;/h5-10,12,24H,11H2,1-4H3,(H2,21,22,23);1H. The summed E-state index contributed by atoms with van der Waals surface area (Å²) < 4.78 is 24.1. The number of aromatic hydroxyl groups is 1. The summed E-state index contributed by atoms with van der Waals surface area (Å²) >= 11 is 0. The summed E-state index contributed by atoms with van der Waals surface area (Å²) in [5.41, 5.74) is 1.61. The van der Waals surface area contributed by atoms with E-state index in [1.807, 2.05) is 25.1 Å². The van der Waals surface area contributed by atoms with Gasteiger partial charge in [-0.3, -0.25) is 4.99 Å². The Bertz CT molecular complexity index is 787. The third kappa shape index (κ3) is 6.16. The number of aliphatic imine (C=N–C) groups is 1. The first kappa shape index (κ1) is 22.8. The Morgan fingerprint density at radius 3 is 2.52 bits per heavy atom. The summed E-state index contributed by atoms with van der Waals surface area (Å²) in [5, 5.41) is 15.6. The molecule has 0 bridgehead atoms. The van der Waals surface area contributed by atoms with E-state index in [0.29, 0.717) is 18.1 Å². The van der Waals surface area contributed by atoms with Gasteiger partial charge in [-0.2, -0.15) is 0 Å². The molecule has 0 fully saturated rings. The SMILES string of the molecule is CN=C(NCc1ccc(O)c(F)c1)NC(C)c1cc(OC)ccc1OC.I. The number of halogens is 2. The summed E-state index contributed by atoms with van der Waals surface area (Å²) in [4.78, 5) is 4.19. The first-order valence-corrected chi connectivity index (χ1v) is 8.15. The number of methoxy groups -OCH3 is 2. The first-order chi connectivity index (χ1) is 12.5. The van der Waals surface area contributed by atoms with Crippen molar-refractivity contribution >= 4 is 29.9 Å². The quantitative estimate of drug-likeness (QED) is 0.329. The van der Waals surface area contributed by atoms with E-state index in [1.165, 1.54) is 12.1 Å². The Labute approximate surface area is 175 Å². The van der Waals surface area contributed by atoms with Crippen molar-refractivity contribution in [1.29, 1.82) is 0 Å². The number of phenols is 1. The van der Waals surface area contributed by atoms with Crippen LogP contribution in [0.5, 0.6) is 17.2 Å². The second kappa shape index (κ2) is 10.8. The van der Waals surface area contributed by atoms with Gasteiger partial charge < -0.3 is 25.2 Å². The monoisotopic (exact) mass is 489 g/mol. The summed E-state index contributed by atoms with van der Waals surface area (Å²) in [6.07, 6.45) is 0. The van der Waals surface area contributed by atoms with Crippen LogP contribution in [0.2, 0.25) is 0 Å². The lowest BCUT2D eigenvalue weighted by molar-refractivity contribution is 0.394. The average molecular weight is 489 g/mol. The molecular formula is C19H25FIN3O3. The molecule has 148 valence electrons. The van der Waals surface area contributed by atoms with Crippen LogP contribution >= 0.6 is 24.0 Å². The number of nitrogens with zero attached hydrogens (tertiary/aromatic N) is 1. The molecule has 1 unspecified atom stereocenters. The summed E-state index contributed by atoms with van der Waals surface area (Å²) in [6, 6.07) is 9.73. The number of rotatable bonds is 6. The molecule has 0 aliphatic carbocycles. The minimum absolute atomic E-state index is 0. The molecule has 0 aromatic heterocycles. The second-order valence-electron chi connectivity index (χ2n) is 5.69. The number of ether oxygens (including phenoxy) is 2. The van der Waals surface area contributed by atoms with Crippen molar-refractivity contribution in [2.75, 3.05) is 21.3 Å². The second-order valence-corrected chi connectivity index (χ2v) is 5.69. The smallest absolute Gasteiger partial charge is 0.191 e. The predicted octanol–water partition coefficient (Wildman–Crippen LogP) is 3.59. The van der Waals surface area contributed by atoms with Crippen LogP contribution in [-0.4, -0.2) is 32.3 Å². The molecule has 6 nitrogen and oxygen atoms in total. The fourth-order valence-corrected chi connectivity index (χ4v) is 2.50. The Balaban J connectivity index is 0.00000364. The summed E-state index contributed by atoms with van der Waals surface area (Å²) in [6.45, 7) is 2.34. The molecule has 2 aromatic carbocycles. The Morgan fingerprint density at radius 2 is 1.93 bits per heavy atom. The Kier molecular flexibility index (Phi) is 9.13. The number of guanidine groups is 1. The maximum Gasteiger partial charge on any atom is 0.191 e. The fourth-order valence-electron chi connectivity index (χ4n) is 2.50. The third-order valence-corrected chi connectivity index (χ3v) is 3.95. The maximum absolute atomic E-state index is 13.4. The molecule has 27 heavy (non-hydrogen) atoms. The maximum atomic E-state index is 13.4. The topological polar surface area (TPSA) is 75.1 Å². The van der Waals surface area contributed by atoms with Gasteiger partial charge in [0.05, 0.1) is 20.3 Å². The molecule has 0 aliphatic rings. The lowest BCUT2D eigenvalue weighted by atomic mass is 10.1. The Morgan fingerprint density at radius 1 is 1.19 bits per heavy atom. The van der Waals surface area contributed by atoms with E-state index in [9.17, 15) is 9.50 Å². The van der Waals surface area contributed by atoms with Crippen molar-refractivity contribution in [3.63, 3.8) is 0 Å². The number of hydrogen-bond acceptors (Lipinski definition) is 4. The van der Waals surface area contributed by atoms with Gasteiger partial charge in [-0.1, -0.05) is 6.07 Å². The minimum Gasteiger partial charge on any atom is -0.505 e. The molecule has 1 atom stereocenters. The molecule has 8 heteroatoms. The molecule has 0 saturated carbocycles. The van der Waals surface area contributed by atoms with Gasteiger partial charge in [0.2, 0.25) is 0 Å². The van der Waals surface area contributed by atoms with Crippen LogP contribution in [0.15, 0.2) is 41.4 Å². The highest BCUT2D eigenvalue weighted by atomic mass is 127. The largest absolute Gasteiger partial charge is 0.505 e. The molecular weight excluding hydrogens is 464 g/mol. The van der Waals surface area contributed by atoms with Crippen molar-refractivity contribution in [3.05, 3.63) is 53.3 Å². The van der Waals surface area contributed by atoms with Gasteiger partial charge in [0.1, 0.15) is 11.5 Å². The van der Waals surface area contributed by atoms with Gasteiger partial charge in [0.25, 0.3) is 0 Å².